The second kappa shape index (κ2) is 2.36. The molecule has 1 aliphatic carbocycles. The number of aromatic amines is 1. The highest BCUT2D eigenvalue weighted by molar-refractivity contribution is 5.74. The lowest BCUT2D eigenvalue weighted by molar-refractivity contribution is -0.140. The van der Waals surface area contributed by atoms with Crippen molar-refractivity contribution in [1.82, 2.24) is 15.3 Å². The van der Waals surface area contributed by atoms with E-state index in [1.54, 1.807) is 6.33 Å². The van der Waals surface area contributed by atoms with Crippen LogP contribution < -0.4 is 5.32 Å². The van der Waals surface area contributed by atoms with Crippen LogP contribution in [0.1, 0.15) is 24.2 Å². The van der Waals surface area contributed by atoms with Crippen LogP contribution in [0.4, 0.5) is 0 Å². The maximum Gasteiger partial charge on any atom is 0.321 e. The third-order valence-electron chi connectivity index (χ3n) is 3.08. The number of carbonyl (C=O) groups is 1. The Morgan fingerprint density at radius 2 is 2.43 bits per heavy atom. The zero-order chi connectivity index (χ0) is 9.76. The van der Waals surface area contributed by atoms with Gasteiger partial charge >= 0.3 is 5.97 Å². The van der Waals surface area contributed by atoms with Crippen LogP contribution in [-0.4, -0.2) is 27.1 Å². The molecule has 0 aromatic carbocycles. The molecule has 0 radical (unpaired) electrons. The van der Waals surface area contributed by atoms with Gasteiger partial charge < -0.3 is 10.1 Å². The summed E-state index contributed by atoms with van der Waals surface area (Å²) in [6, 6.07) is -0.467. The molecule has 3 rings (SSSR count). The summed E-state index contributed by atoms with van der Waals surface area (Å²) in [6.45, 7) is 0. The lowest BCUT2D eigenvalue weighted by atomic mass is 9.97. The molecule has 1 aromatic rings. The number of rotatable bonds is 1. The second-order valence-electron chi connectivity index (χ2n) is 4.05. The smallest absolute Gasteiger partial charge is 0.321 e. The number of aromatic nitrogens is 2. The van der Waals surface area contributed by atoms with Crippen molar-refractivity contribution < 1.29 is 9.90 Å². The Morgan fingerprint density at radius 3 is 3.07 bits per heavy atom. The van der Waals surface area contributed by atoms with Crippen molar-refractivity contribution in [3.63, 3.8) is 0 Å². The number of carboxylic acid groups (broad SMARTS) is 1. The van der Waals surface area contributed by atoms with Gasteiger partial charge in [-0.3, -0.25) is 10.1 Å². The van der Waals surface area contributed by atoms with Gasteiger partial charge in [0.15, 0.2) is 0 Å². The van der Waals surface area contributed by atoms with Crippen LogP contribution in [0.5, 0.6) is 0 Å². The molecule has 1 aliphatic heterocycles. The molecule has 0 bridgehead atoms. The van der Waals surface area contributed by atoms with Gasteiger partial charge in [0.25, 0.3) is 0 Å². The van der Waals surface area contributed by atoms with Crippen molar-refractivity contribution in [2.45, 2.75) is 30.8 Å². The quantitative estimate of drug-likeness (QED) is 0.586. The average Bonchev–Trinajstić information content (AvgIpc) is 2.75. The summed E-state index contributed by atoms with van der Waals surface area (Å²) >= 11 is 0. The monoisotopic (exact) mass is 193 g/mol. The van der Waals surface area contributed by atoms with Crippen LogP contribution in [-0.2, 0) is 16.8 Å². The van der Waals surface area contributed by atoms with E-state index >= 15 is 0 Å². The number of fused-ring (bicyclic) bond motifs is 2. The first-order valence-electron chi connectivity index (χ1n) is 4.74. The predicted octanol–water partition coefficient (Wildman–Crippen LogP) is -0.00230. The molecule has 5 heteroatoms. The number of imidazole rings is 1. The minimum absolute atomic E-state index is 0.128. The molecule has 14 heavy (non-hydrogen) atoms. The normalized spacial score (nSPS) is 27.3. The van der Waals surface area contributed by atoms with Crippen LogP contribution in [0.15, 0.2) is 6.33 Å². The van der Waals surface area contributed by atoms with Crippen molar-refractivity contribution in [2.24, 2.45) is 0 Å². The van der Waals surface area contributed by atoms with Crippen LogP contribution in [0.25, 0.3) is 0 Å². The molecule has 2 heterocycles. The fraction of sp³-hybridized carbons (Fsp3) is 0.556. The number of aliphatic carboxylic acids is 1. The van der Waals surface area contributed by atoms with E-state index in [0.29, 0.717) is 6.42 Å². The maximum absolute atomic E-state index is 10.9. The van der Waals surface area contributed by atoms with Crippen molar-refractivity contribution in [3.8, 4) is 0 Å². The van der Waals surface area contributed by atoms with E-state index in [1.807, 2.05) is 0 Å². The van der Waals surface area contributed by atoms with Gasteiger partial charge in [-0.25, -0.2) is 4.98 Å². The standard InChI is InChI=1S/C9H11N3O2/c13-8(14)6-3-5-7(11-4-10-5)9(12-6)1-2-9/h4,6,12H,1-3H2,(H,10,11)(H,13,14). The van der Waals surface area contributed by atoms with Gasteiger partial charge in [-0.1, -0.05) is 0 Å². The fourth-order valence-electron chi connectivity index (χ4n) is 2.20. The first-order valence-corrected chi connectivity index (χ1v) is 4.74. The molecule has 1 saturated carbocycles. The SMILES string of the molecule is O=C(O)C1Cc2[nH]cnc2C2(CC2)N1. The van der Waals surface area contributed by atoms with E-state index in [1.165, 1.54) is 0 Å². The number of carboxylic acids is 1. The van der Waals surface area contributed by atoms with Crippen molar-refractivity contribution in [2.75, 3.05) is 0 Å². The largest absolute Gasteiger partial charge is 0.480 e. The molecule has 1 unspecified atom stereocenters. The molecular formula is C9H11N3O2. The molecule has 0 saturated heterocycles. The zero-order valence-corrected chi connectivity index (χ0v) is 7.58. The molecule has 5 nitrogen and oxygen atoms in total. The zero-order valence-electron chi connectivity index (χ0n) is 7.58. The third-order valence-corrected chi connectivity index (χ3v) is 3.08. The van der Waals surface area contributed by atoms with Crippen LogP contribution in [0.2, 0.25) is 0 Å². The molecule has 3 N–H and O–H groups in total. The van der Waals surface area contributed by atoms with Gasteiger partial charge in [0, 0.05) is 12.1 Å². The topological polar surface area (TPSA) is 78.0 Å². The number of hydrogen-bond donors (Lipinski definition) is 3. The highest BCUT2D eigenvalue weighted by Gasteiger charge is 2.52. The molecular weight excluding hydrogens is 182 g/mol. The van der Waals surface area contributed by atoms with Crippen molar-refractivity contribution in [3.05, 3.63) is 17.7 Å². The summed E-state index contributed by atoms with van der Waals surface area (Å²) in [5, 5.41) is 12.1. The third kappa shape index (κ3) is 0.928. The summed E-state index contributed by atoms with van der Waals surface area (Å²) < 4.78 is 0. The number of nitrogens with zero attached hydrogens (tertiary/aromatic N) is 1. The minimum Gasteiger partial charge on any atom is -0.480 e. The molecule has 2 aliphatic rings. The Balaban J connectivity index is 2.02. The summed E-state index contributed by atoms with van der Waals surface area (Å²) in [7, 11) is 0. The Morgan fingerprint density at radius 1 is 1.64 bits per heavy atom. The molecule has 1 fully saturated rings. The summed E-state index contributed by atoms with van der Waals surface area (Å²) in [5.74, 6) is -0.781. The minimum atomic E-state index is -0.781. The van der Waals surface area contributed by atoms with E-state index in [9.17, 15) is 4.79 Å². The van der Waals surface area contributed by atoms with Gasteiger partial charge in [0.2, 0.25) is 0 Å². The highest BCUT2D eigenvalue weighted by Crippen LogP contribution is 2.48. The highest BCUT2D eigenvalue weighted by atomic mass is 16.4. The van der Waals surface area contributed by atoms with E-state index in [-0.39, 0.29) is 5.54 Å². The molecule has 1 atom stereocenters. The first-order chi connectivity index (χ1) is 6.71. The lowest BCUT2D eigenvalue weighted by Crippen LogP contribution is -2.49. The molecule has 0 amide bonds. The number of hydrogen-bond acceptors (Lipinski definition) is 3. The van der Waals surface area contributed by atoms with Crippen molar-refractivity contribution >= 4 is 5.97 Å². The maximum atomic E-state index is 10.9. The van der Waals surface area contributed by atoms with Gasteiger partial charge in [-0.05, 0) is 12.8 Å². The first kappa shape index (κ1) is 7.99. The van der Waals surface area contributed by atoms with Crippen LogP contribution in [0.3, 0.4) is 0 Å². The Bertz CT molecular complexity index is 395. The Kier molecular flexibility index (Phi) is 1.35. The lowest BCUT2D eigenvalue weighted by Gasteiger charge is -2.27. The summed E-state index contributed by atoms with van der Waals surface area (Å²) in [6.07, 6.45) is 4.15. The average molecular weight is 193 g/mol. The van der Waals surface area contributed by atoms with E-state index in [4.69, 9.17) is 5.11 Å². The molecule has 1 aromatic heterocycles. The molecule has 1 spiro atoms. The number of nitrogens with one attached hydrogen (secondary N) is 2. The van der Waals surface area contributed by atoms with Gasteiger partial charge in [-0.2, -0.15) is 0 Å². The summed E-state index contributed by atoms with van der Waals surface area (Å²) in [4.78, 5) is 18.2. The van der Waals surface area contributed by atoms with Crippen LogP contribution >= 0.6 is 0 Å². The van der Waals surface area contributed by atoms with Gasteiger partial charge in [-0.15, -0.1) is 0 Å². The van der Waals surface area contributed by atoms with E-state index < -0.39 is 12.0 Å². The summed E-state index contributed by atoms with van der Waals surface area (Å²) in [5.41, 5.74) is 1.88. The van der Waals surface area contributed by atoms with Gasteiger partial charge in [0.1, 0.15) is 6.04 Å². The van der Waals surface area contributed by atoms with Gasteiger partial charge in [0.05, 0.1) is 17.6 Å². The fourth-order valence-corrected chi connectivity index (χ4v) is 2.20. The second-order valence-corrected chi connectivity index (χ2v) is 4.05. The van der Waals surface area contributed by atoms with E-state index in [0.717, 1.165) is 24.2 Å². The molecule has 74 valence electrons. The number of H-pyrrole nitrogens is 1. The Labute approximate surface area is 80.5 Å². The van der Waals surface area contributed by atoms with Crippen molar-refractivity contribution in [1.29, 1.82) is 0 Å². The predicted molar refractivity (Wildman–Crippen MR) is 47.8 cm³/mol. The van der Waals surface area contributed by atoms with Crippen LogP contribution in [0, 0.1) is 0 Å². The Hall–Kier alpha value is -1.36. The van der Waals surface area contributed by atoms with E-state index in [2.05, 4.69) is 15.3 Å².